The Labute approximate surface area is 227 Å². The Morgan fingerprint density at radius 2 is 1.76 bits per heavy atom. The third kappa shape index (κ3) is 7.56. The van der Waals surface area contributed by atoms with E-state index >= 15 is 0 Å². The van der Waals surface area contributed by atoms with Crippen LogP contribution in [-0.2, 0) is 4.79 Å². The number of rotatable bonds is 9. The Hall–Kier alpha value is -2.93. The summed E-state index contributed by atoms with van der Waals surface area (Å²) in [6, 6.07) is 14.1. The van der Waals surface area contributed by atoms with Crippen LogP contribution in [0.1, 0.15) is 80.3 Å². The maximum absolute atomic E-state index is 14.0. The monoisotopic (exact) mass is 522 g/mol. The first-order valence-corrected chi connectivity index (χ1v) is 14.1. The Morgan fingerprint density at radius 1 is 1.05 bits per heavy atom. The standard InChI is InChI=1S/C31H43FN4O2/c1-31(34-30(38)25-12-8-14-27(22-25)35(2)3)16-19-36(20-17-31)18-15-28(24-11-7-13-26(32)21-24)33-29(37)23-9-5-4-6-10-23/h7-8,11-14,21-23,28H,4-6,9-10,15-20H2,1-3H3,(H,33,37)(H,34,38)/t28-/m0/s1. The van der Waals surface area contributed by atoms with Crippen molar-refractivity contribution in [1.29, 1.82) is 0 Å². The third-order valence-corrected chi connectivity index (χ3v) is 8.28. The first-order chi connectivity index (χ1) is 18.2. The van der Waals surface area contributed by atoms with Gasteiger partial charge in [0.15, 0.2) is 0 Å². The molecular weight excluding hydrogens is 479 g/mol. The van der Waals surface area contributed by atoms with Crippen LogP contribution < -0.4 is 15.5 Å². The maximum atomic E-state index is 14.0. The van der Waals surface area contributed by atoms with Crippen molar-refractivity contribution in [2.45, 2.75) is 69.9 Å². The SMILES string of the molecule is CN(C)c1cccc(C(=O)NC2(C)CCN(CC[C@H](NC(=O)C3CCCCC3)c3cccc(F)c3)CC2)c1. The molecule has 0 bridgehead atoms. The van der Waals surface area contributed by atoms with Gasteiger partial charge in [-0.1, -0.05) is 37.5 Å². The number of carbonyl (C=O) groups is 2. The number of nitrogens with zero attached hydrogens (tertiary/aromatic N) is 2. The van der Waals surface area contributed by atoms with Crippen LogP contribution >= 0.6 is 0 Å². The van der Waals surface area contributed by atoms with E-state index in [0.717, 1.165) is 75.8 Å². The highest BCUT2D eigenvalue weighted by atomic mass is 19.1. The molecule has 1 aliphatic heterocycles. The largest absolute Gasteiger partial charge is 0.378 e. The lowest BCUT2D eigenvalue weighted by atomic mass is 9.88. The molecule has 1 saturated heterocycles. The van der Waals surface area contributed by atoms with Gasteiger partial charge in [-0.2, -0.15) is 0 Å². The molecule has 2 aromatic rings. The molecule has 206 valence electrons. The molecule has 2 aliphatic rings. The van der Waals surface area contributed by atoms with E-state index in [0.29, 0.717) is 5.56 Å². The van der Waals surface area contributed by atoms with Gasteiger partial charge >= 0.3 is 0 Å². The van der Waals surface area contributed by atoms with Crippen molar-refractivity contribution < 1.29 is 14.0 Å². The summed E-state index contributed by atoms with van der Waals surface area (Å²) in [7, 11) is 3.93. The molecule has 2 amide bonds. The van der Waals surface area contributed by atoms with E-state index in [4.69, 9.17) is 0 Å². The lowest BCUT2D eigenvalue weighted by Crippen LogP contribution is -2.53. The minimum atomic E-state index is -0.278. The number of piperidine rings is 1. The van der Waals surface area contributed by atoms with E-state index in [2.05, 4.69) is 22.5 Å². The van der Waals surface area contributed by atoms with Crippen molar-refractivity contribution in [3.8, 4) is 0 Å². The second-order valence-electron chi connectivity index (χ2n) is 11.5. The number of anilines is 1. The van der Waals surface area contributed by atoms with Crippen LogP contribution in [0.3, 0.4) is 0 Å². The summed E-state index contributed by atoms with van der Waals surface area (Å²) in [5.74, 6) is -0.148. The van der Waals surface area contributed by atoms with Gasteiger partial charge in [0.2, 0.25) is 5.91 Å². The Bertz CT molecular complexity index is 1090. The molecular formula is C31H43FN4O2. The van der Waals surface area contributed by atoms with Crippen molar-refractivity contribution in [3.63, 3.8) is 0 Å². The second-order valence-corrected chi connectivity index (χ2v) is 11.5. The van der Waals surface area contributed by atoms with Crippen LogP contribution in [0.15, 0.2) is 48.5 Å². The summed E-state index contributed by atoms with van der Waals surface area (Å²) in [4.78, 5) is 30.4. The van der Waals surface area contributed by atoms with E-state index in [1.165, 1.54) is 12.5 Å². The number of hydrogen-bond acceptors (Lipinski definition) is 4. The zero-order valence-electron chi connectivity index (χ0n) is 23.1. The number of likely N-dealkylation sites (tertiary alicyclic amines) is 1. The van der Waals surface area contributed by atoms with Crippen LogP contribution in [0.25, 0.3) is 0 Å². The fraction of sp³-hybridized carbons (Fsp3) is 0.548. The average molecular weight is 523 g/mol. The minimum absolute atomic E-state index is 0.0405. The van der Waals surface area contributed by atoms with Crippen molar-refractivity contribution >= 4 is 17.5 Å². The molecule has 0 unspecified atom stereocenters. The predicted octanol–water partition coefficient (Wildman–Crippen LogP) is 5.30. The molecule has 1 atom stereocenters. The van der Waals surface area contributed by atoms with Gasteiger partial charge in [-0.15, -0.1) is 0 Å². The van der Waals surface area contributed by atoms with Crippen molar-refractivity contribution in [3.05, 3.63) is 65.5 Å². The summed E-state index contributed by atoms with van der Waals surface area (Å²) in [6.45, 7) is 4.65. The Morgan fingerprint density at radius 3 is 2.45 bits per heavy atom. The summed E-state index contributed by atoms with van der Waals surface area (Å²) < 4.78 is 14.0. The Kier molecular flexibility index (Phi) is 9.42. The summed E-state index contributed by atoms with van der Waals surface area (Å²) in [6.07, 6.45) is 7.72. The molecule has 2 fully saturated rings. The fourth-order valence-corrected chi connectivity index (χ4v) is 5.68. The number of hydrogen-bond donors (Lipinski definition) is 2. The van der Waals surface area contributed by atoms with Gasteiger partial charge in [-0.05, 0) is 74.9 Å². The third-order valence-electron chi connectivity index (χ3n) is 8.28. The first-order valence-electron chi connectivity index (χ1n) is 14.1. The highest BCUT2D eigenvalue weighted by Crippen LogP contribution is 2.27. The van der Waals surface area contributed by atoms with Crippen molar-refractivity contribution in [2.24, 2.45) is 5.92 Å². The number of benzene rings is 2. The van der Waals surface area contributed by atoms with Crippen LogP contribution in [0.2, 0.25) is 0 Å². The quantitative estimate of drug-likeness (QED) is 0.469. The molecule has 0 aromatic heterocycles. The van der Waals surface area contributed by atoms with E-state index in [9.17, 15) is 14.0 Å². The normalized spacial score (nSPS) is 18.9. The van der Waals surface area contributed by atoms with Crippen LogP contribution in [0.5, 0.6) is 0 Å². The zero-order valence-corrected chi connectivity index (χ0v) is 23.1. The molecule has 4 rings (SSSR count). The van der Waals surface area contributed by atoms with Crippen LogP contribution in [-0.4, -0.2) is 56.0 Å². The molecule has 2 N–H and O–H groups in total. The van der Waals surface area contributed by atoms with Crippen molar-refractivity contribution in [2.75, 3.05) is 38.6 Å². The van der Waals surface area contributed by atoms with E-state index in [1.807, 2.05) is 49.3 Å². The fourth-order valence-electron chi connectivity index (χ4n) is 5.68. The van der Waals surface area contributed by atoms with Crippen LogP contribution in [0.4, 0.5) is 10.1 Å². The summed E-state index contributed by atoms with van der Waals surface area (Å²) in [5, 5.41) is 6.52. The van der Waals surface area contributed by atoms with Gasteiger partial charge in [0.05, 0.1) is 6.04 Å². The topological polar surface area (TPSA) is 64.7 Å². The van der Waals surface area contributed by atoms with Gasteiger partial charge in [-0.25, -0.2) is 4.39 Å². The molecule has 6 nitrogen and oxygen atoms in total. The summed E-state index contributed by atoms with van der Waals surface area (Å²) in [5.41, 5.74) is 2.23. The molecule has 1 heterocycles. The van der Waals surface area contributed by atoms with E-state index < -0.39 is 0 Å². The first kappa shape index (κ1) is 28.1. The molecule has 1 saturated carbocycles. The summed E-state index contributed by atoms with van der Waals surface area (Å²) >= 11 is 0. The van der Waals surface area contributed by atoms with Crippen LogP contribution in [0, 0.1) is 11.7 Å². The second kappa shape index (κ2) is 12.7. The van der Waals surface area contributed by atoms with Gasteiger partial charge < -0.3 is 20.4 Å². The molecule has 0 spiro atoms. The van der Waals surface area contributed by atoms with Gasteiger partial charge in [0, 0.05) is 56.4 Å². The van der Waals surface area contributed by atoms with Gasteiger partial charge in [0.1, 0.15) is 5.82 Å². The highest BCUT2D eigenvalue weighted by molar-refractivity contribution is 5.95. The molecule has 0 radical (unpaired) electrons. The van der Waals surface area contributed by atoms with E-state index in [1.54, 1.807) is 12.1 Å². The number of halogens is 1. The molecule has 2 aromatic carbocycles. The molecule has 1 aliphatic carbocycles. The number of carbonyl (C=O) groups excluding carboxylic acids is 2. The molecule has 7 heteroatoms. The van der Waals surface area contributed by atoms with E-state index in [-0.39, 0.29) is 35.1 Å². The lowest BCUT2D eigenvalue weighted by Gasteiger charge is -2.40. The average Bonchev–Trinajstić information content (AvgIpc) is 2.92. The lowest BCUT2D eigenvalue weighted by molar-refractivity contribution is -0.126. The molecule has 38 heavy (non-hydrogen) atoms. The smallest absolute Gasteiger partial charge is 0.251 e. The Balaban J connectivity index is 1.32. The number of nitrogens with one attached hydrogen (secondary N) is 2. The van der Waals surface area contributed by atoms with Crippen molar-refractivity contribution in [1.82, 2.24) is 15.5 Å². The minimum Gasteiger partial charge on any atom is -0.378 e. The zero-order chi connectivity index (χ0) is 27.1. The highest BCUT2D eigenvalue weighted by Gasteiger charge is 2.32. The predicted molar refractivity (Wildman–Crippen MR) is 151 cm³/mol. The van der Waals surface area contributed by atoms with Gasteiger partial charge in [0.25, 0.3) is 5.91 Å². The number of amides is 2. The maximum Gasteiger partial charge on any atom is 0.251 e. The van der Waals surface area contributed by atoms with Gasteiger partial charge in [-0.3, -0.25) is 9.59 Å².